The highest BCUT2D eigenvalue weighted by molar-refractivity contribution is 7.91. The van der Waals surface area contributed by atoms with Gasteiger partial charge in [-0.2, -0.15) is 0 Å². The molecule has 14 atom stereocenters. The number of rotatable bonds is 9. The van der Waals surface area contributed by atoms with Crippen molar-refractivity contribution in [2.45, 2.75) is 157 Å². The maximum absolute atomic E-state index is 13.6. The lowest BCUT2D eigenvalue weighted by atomic mass is 9.32. The topological polar surface area (TPSA) is 133 Å². The first-order chi connectivity index (χ1) is 25.5. The number of carbonyl (C=O) groups excluding carboxylic acids is 1. The van der Waals surface area contributed by atoms with Gasteiger partial charge in [-0.05, 0) is 136 Å². The van der Waals surface area contributed by atoms with Crippen molar-refractivity contribution in [2.75, 3.05) is 31.1 Å². The lowest BCUT2D eigenvalue weighted by molar-refractivity contribution is -0.248. The van der Waals surface area contributed by atoms with Gasteiger partial charge in [-0.25, -0.2) is 8.42 Å². The highest BCUT2D eigenvalue weighted by Gasteiger charge is 2.71. The molecule has 0 aromatic heterocycles. The average Bonchev–Trinajstić information content (AvgIpc) is 3.46. The van der Waals surface area contributed by atoms with E-state index in [4.69, 9.17) is 4.74 Å². The van der Waals surface area contributed by atoms with Crippen LogP contribution in [0.3, 0.4) is 0 Å². The second-order valence-electron chi connectivity index (χ2n) is 22.0. The fourth-order valence-corrected chi connectivity index (χ4v) is 16.8. The van der Waals surface area contributed by atoms with Crippen LogP contribution in [0.4, 0.5) is 0 Å². The van der Waals surface area contributed by atoms with E-state index in [1.807, 2.05) is 20.8 Å². The molecule has 6 aliphatic carbocycles. The fourth-order valence-electron chi connectivity index (χ4n) is 15.6. The molecule has 0 spiro atoms. The number of carboxylic acids is 1. The number of ether oxygens (including phenoxy) is 1. The number of aliphatic carboxylic acids is 1. The van der Waals surface area contributed by atoms with Gasteiger partial charge < -0.3 is 20.3 Å². The van der Waals surface area contributed by atoms with Gasteiger partial charge in [0.05, 0.1) is 29.4 Å². The van der Waals surface area contributed by atoms with Crippen molar-refractivity contribution in [2.24, 2.45) is 68.5 Å². The van der Waals surface area contributed by atoms with Crippen molar-refractivity contribution < 1.29 is 33.0 Å². The van der Waals surface area contributed by atoms with E-state index >= 15 is 0 Å². The molecule has 0 aromatic rings. The number of carbonyl (C=O) groups is 2. The third-order valence-electron chi connectivity index (χ3n) is 19.2. The number of fused-ring (bicyclic) bond motifs is 7. The van der Waals surface area contributed by atoms with Crippen molar-refractivity contribution in [3.05, 3.63) is 12.2 Å². The molecule has 0 amide bonds. The molecule has 0 radical (unpaired) electrons. The summed E-state index contributed by atoms with van der Waals surface area (Å²) in [6, 6.07) is -0.120. The Labute approximate surface area is 332 Å². The first-order valence-corrected chi connectivity index (χ1v) is 23.7. The van der Waals surface area contributed by atoms with Crippen LogP contribution in [-0.2, 0) is 24.2 Å². The molecule has 1 aliphatic heterocycles. The minimum atomic E-state index is -3.00. The third kappa shape index (κ3) is 6.33. The number of esters is 1. The summed E-state index contributed by atoms with van der Waals surface area (Å²) in [6.45, 7) is 26.7. The minimum absolute atomic E-state index is 0.0174. The van der Waals surface area contributed by atoms with Crippen LogP contribution in [0.1, 0.15) is 133 Å². The molecule has 1 heterocycles. The van der Waals surface area contributed by atoms with Gasteiger partial charge in [0.25, 0.3) is 0 Å². The Kier molecular flexibility index (Phi) is 10.4. The van der Waals surface area contributed by atoms with Crippen molar-refractivity contribution in [3.63, 3.8) is 0 Å². The van der Waals surface area contributed by atoms with Gasteiger partial charge in [-0.15, -0.1) is 0 Å². The molecule has 0 aromatic carbocycles. The monoisotopic (exact) mass is 787 g/mol. The van der Waals surface area contributed by atoms with Gasteiger partial charge in [0.2, 0.25) is 0 Å². The van der Waals surface area contributed by atoms with E-state index in [0.717, 1.165) is 38.5 Å². The van der Waals surface area contributed by atoms with E-state index in [2.05, 4.69) is 58.3 Å². The SMILES string of the molecule is C=C(C)[C@@H]1CC[C@]2(NCC(C(C)O)N3CCS(=O)(=O)CC3)CC[C@]3(C)[C@H](CC[C@@H]4[C@@]5(C)CC[C@H](OC(=O)[C@@H]6C[C@H](C(=O)O)C6(C)C)C(C)(C)[C@@H]5CC[C@]43C)[C@@H]12. The first kappa shape index (κ1) is 41.7. The number of sulfone groups is 1. The summed E-state index contributed by atoms with van der Waals surface area (Å²) in [6.07, 6.45) is 10.8. The molecule has 312 valence electrons. The van der Waals surface area contributed by atoms with Gasteiger partial charge in [0.1, 0.15) is 6.10 Å². The summed E-state index contributed by atoms with van der Waals surface area (Å²) in [7, 11) is -3.00. The summed E-state index contributed by atoms with van der Waals surface area (Å²) in [5, 5.41) is 24.8. The number of carboxylic acid groups (broad SMARTS) is 1. The van der Waals surface area contributed by atoms with Gasteiger partial charge in [0, 0.05) is 36.6 Å². The number of hydrogen-bond donors (Lipinski definition) is 3. The molecule has 0 bridgehead atoms. The Hall–Kier alpha value is -1.49. The Balaban J connectivity index is 1.10. The molecule has 10 heteroatoms. The predicted molar refractivity (Wildman–Crippen MR) is 216 cm³/mol. The molecule has 2 unspecified atom stereocenters. The number of allylic oxidation sites excluding steroid dienone is 1. The molecule has 1 saturated heterocycles. The number of nitrogens with zero attached hydrogens (tertiary/aromatic N) is 1. The van der Waals surface area contributed by atoms with Crippen LogP contribution >= 0.6 is 0 Å². The number of aliphatic hydroxyl groups excluding tert-OH is 1. The summed E-state index contributed by atoms with van der Waals surface area (Å²) in [4.78, 5) is 27.6. The van der Waals surface area contributed by atoms with Crippen LogP contribution in [0.25, 0.3) is 0 Å². The Bertz CT molecular complexity index is 1640. The zero-order valence-corrected chi connectivity index (χ0v) is 36.4. The maximum atomic E-state index is 13.6. The van der Waals surface area contributed by atoms with Gasteiger partial charge in [0.15, 0.2) is 9.84 Å². The van der Waals surface area contributed by atoms with Crippen LogP contribution in [0.5, 0.6) is 0 Å². The average molecular weight is 787 g/mol. The quantitative estimate of drug-likeness (QED) is 0.165. The van der Waals surface area contributed by atoms with Crippen LogP contribution in [0.15, 0.2) is 12.2 Å². The standard InChI is InChI=1S/C45H74N2O7S/c1-27(2)29-13-18-45(46-26-33(28(3)48)47-21-23-55(52,53)24-22-47)20-19-43(9)30(37(29)45)11-12-35-42(8)16-15-36(41(6,7)34(42)14-17-44(35,43)10)54-39(51)32-25-31(38(49)50)40(32,4)5/h28-37,46,48H,1,11-26H2,2-10H3,(H,49,50)/t28?,29-,30+,31+,32-,33?,34-,35+,36-,37+,42-,43+,44+,45-/m0/s1. The largest absolute Gasteiger partial charge is 0.481 e. The second kappa shape index (κ2) is 13.8. The highest BCUT2D eigenvalue weighted by Crippen LogP contribution is 2.76. The second-order valence-corrected chi connectivity index (χ2v) is 24.3. The summed E-state index contributed by atoms with van der Waals surface area (Å²) in [5.41, 5.74) is 1.00. The van der Waals surface area contributed by atoms with E-state index in [1.165, 1.54) is 31.3 Å². The van der Waals surface area contributed by atoms with E-state index < -0.39 is 33.2 Å². The predicted octanol–water partition coefficient (Wildman–Crippen LogP) is 7.12. The summed E-state index contributed by atoms with van der Waals surface area (Å²) >= 11 is 0. The molecule has 9 nitrogen and oxygen atoms in total. The number of hydrogen-bond acceptors (Lipinski definition) is 8. The van der Waals surface area contributed by atoms with E-state index in [-0.39, 0.29) is 62.7 Å². The molecular weight excluding hydrogens is 713 g/mol. The minimum Gasteiger partial charge on any atom is -0.481 e. The first-order valence-electron chi connectivity index (χ1n) is 21.9. The highest BCUT2D eigenvalue weighted by atomic mass is 32.2. The van der Waals surface area contributed by atoms with Gasteiger partial charge >= 0.3 is 11.9 Å². The Morgan fingerprint density at radius 3 is 2.13 bits per heavy atom. The number of nitrogens with one attached hydrogen (secondary N) is 1. The van der Waals surface area contributed by atoms with Crippen molar-refractivity contribution in [1.29, 1.82) is 0 Å². The summed E-state index contributed by atoms with van der Waals surface area (Å²) < 4.78 is 30.9. The van der Waals surface area contributed by atoms with Gasteiger partial charge in [-0.3, -0.25) is 14.5 Å². The molecule has 7 rings (SSSR count). The van der Waals surface area contributed by atoms with E-state index in [1.54, 1.807) is 0 Å². The van der Waals surface area contributed by atoms with E-state index in [9.17, 15) is 28.2 Å². The third-order valence-corrected chi connectivity index (χ3v) is 20.8. The van der Waals surface area contributed by atoms with Crippen LogP contribution < -0.4 is 5.32 Å². The molecule has 6 saturated carbocycles. The molecule has 7 aliphatic rings. The van der Waals surface area contributed by atoms with Crippen LogP contribution in [0, 0.1) is 68.5 Å². The Morgan fingerprint density at radius 2 is 1.53 bits per heavy atom. The zero-order valence-electron chi connectivity index (χ0n) is 35.6. The molecular formula is C45H74N2O7S. The van der Waals surface area contributed by atoms with Crippen molar-refractivity contribution in [3.8, 4) is 0 Å². The zero-order chi connectivity index (χ0) is 40.3. The van der Waals surface area contributed by atoms with Crippen LogP contribution in [-0.4, -0.2) is 90.4 Å². The summed E-state index contributed by atoms with van der Waals surface area (Å²) in [5.74, 6) is 0.964. The number of aliphatic hydroxyl groups is 1. The van der Waals surface area contributed by atoms with Crippen LogP contribution in [0.2, 0.25) is 0 Å². The van der Waals surface area contributed by atoms with Gasteiger partial charge in [-0.1, -0.05) is 60.6 Å². The maximum Gasteiger partial charge on any atom is 0.309 e. The fraction of sp³-hybridized carbons (Fsp3) is 0.911. The molecule has 3 N–H and O–H groups in total. The Morgan fingerprint density at radius 1 is 0.855 bits per heavy atom. The normalized spacial score (nSPS) is 46.7. The van der Waals surface area contributed by atoms with E-state index in [0.29, 0.717) is 55.6 Å². The molecule has 7 fully saturated rings. The van der Waals surface area contributed by atoms with Crippen molar-refractivity contribution >= 4 is 21.8 Å². The smallest absolute Gasteiger partial charge is 0.309 e. The lowest BCUT2D eigenvalue weighted by Gasteiger charge is -2.73. The van der Waals surface area contributed by atoms with Crippen molar-refractivity contribution in [1.82, 2.24) is 10.2 Å². The molecule has 55 heavy (non-hydrogen) atoms. The lowest BCUT2D eigenvalue weighted by Crippen LogP contribution is -2.69.